The van der Waals surface area contributed by atoms with Crippen LogP contribution < -0.4 is 5.32 Å². The lowest BCUT2D eigenvalue weighted by Gasteiger charge is -2.42. The minimum absolute atomic E-state index is 0.0397. The summed E-state index contributed by atoms with van der Waals surface area (Å²) >= 11 is 6.20. The number of halogens is 1. The van der Waals surface area contributed by atoms with E-state index in [2.05, 4.69) is 17.3 Å². The summed E-state index contributed by atoms with van der Waals surface area (Å²) in [6, 6.07) is 3.69. The quantitative estimate of drug-likeness (QED) is 0.831. The number of aliphatic hydroxyl groups excluding tert-OH is 1. The van der Waals surface area contributed by atoms with E-state index in [1.807, 2.05) is 27.9 Å². The second-order valence-electron chi connectivity index (χ2n) is 6.93. The summed E-state index contributed by atoms with van der Waals surface area (Å²) in [5.74, 6) is 0.239. The van der Waals surface area contributed by atoms with Crippen molar-refractivity contribution in [2.24, 2.45) is 5.92 Å². The highest BCUT2D eigenvalue weighted by Gasteiger charge is 2.50. The number of benzene rings is 1. The molecule has 1 aromatic carbocycles. The molecule has 0 saturated carbocycles. The first-order valence-corrected chi connectivity index (χ1v) is 8.67. The second kappa shape index (κ2) is 5.36. The Balaban J connectivity index is 1.68. The van der Waals surface area contributed by atoms with E-state index in [-0.39, 0.29) is 11.9 Å². The second-order valence-corrected chi connectivity index (χ2v) is 7.37. The Morgan fingerprint density at radius 2 is 2.12 bits per heavy atom. The van der Waals surface area contributed by atoms with Crippen LogP contribution in [0.5, 0.6) is 0 Å². The molecule has 2 aromatic rings. The van der Waals surface area contributed by atoms with Gasteiger partial charge in [-0.25, -0.2) is 4.79 Å². The molecule has 24 heavy (non-hydrogen) atoms. The highest BCUT2D eigenvalue weighted by Crippen LogP contribution is 2.51. The number of rotatable bonds is 1. The van der Waals surface area contributed by atoms with Crippen molar-refractivity contribution in [1.29, 1.82) is 0 Å². The normalized spacial score (nSPS) is 27.0. The minimum atomic E-state index is -0.640. The van der Waals surface area contributed by atoms with E-state index in [9.17, 15) is 9.90 Å². The van der Waals surface area contributed by atoms with Crippen molar-refractivity contribution < 1.29 is 9.90 Å². The maximum absolute atomic E-state index is 11.8. The van der Waals surface area contributed by atoms with Gasteiger partial charge in [-0.1, -0.05) is 11.6 Å². The first kappa shape index (κ1) is 15.7. The van der Waals surface area contributed by atoms with Crippen molar-refractivity contribution in [3.8, 4) is 0 Å². The third-order valence-corrected chi connectivity index (χ3v) is 6.00. The summed E-state index contributed by atoms with van der Waals surface area (Å²) in [6.45, 7) is 3.44. The van der Waals surface area contributed by atoms with Crippen LogP contribution in [0.25, 0.3) is 10.9 Å². The Kier molecular flexibility index (Phi) is 3.51. The molecule has 1 aromatic heterocycles. The predicted molar refractivity (Wildman–Crippen MR) is 92.1 cm³/mol. The molecule has 4 rings (SSSR count). The fourth-order valence-corrected chi connectivity index (χ4v) is 4.62. The van der Waals surface area contributed by atoms with E-state index in [4.69, 9.17) is 11.6 Å². The minimum Gasteiger partial charge on any atom is -0.386 e. The maximum Gasteiger partial charge on any atom is 0.317 e. The number of hydrogen-bond acceptors (Lipinski definition) is 3. The molecule has 6 nitrogen and oxygen atoms in total. The lowest BCUT2D eigenvalue weighted by atomic mass is 9.75. The lowest BCUT2D eigenvalue weighted by molar-refractivity contribution is -0.0116. The van der Waals surface area contributed by atoms with Gasteiger partial charge >= 0.3 is 6.03 Å². The molecule has 0 bridgehead atoms. The van der Waals surface area contributed by atoms with E-state index in [0.29, 0.717) is 18.1 Å². The van der Waals surface area contributed by atoms with E-state index in [1.54, 1.807) is 7.05 Å². The standard InChI is InChI=1S/C17H21ClN4O2/c1-17(11-3-5-21(6-4-11)16(24)19-2)15(23)13-8-12(18)7-10-9-20-22(17)14(10)13/h7-9,11,15,23H,3-6H2,1-2H3,(H,19,24)/t15-,17?/m0/s1. The number of amides is 2. The number of piperidine rings is 1. The van der Waals surface area contributed by atoms with Crippen LogP contribution in [-0.2, 0) is 5.54 Å². The summed E-state index contributed by atoms with van der Waals surface area (Å²) in [7, 11) is 1.65. The summed E-state index contributed by atoms with van der Waals surface area (Å²) < 4.78 is 1.97. The maximum atomic E-state index is 11.8. The van der Waals surface area contributed by atoms with Gasteiger partial charge in [0.2, 0.25) is 0 Å². The van der Waals surface area contributed by atoms with Gasteiger partial charge in [-0.2, -0.15) is 5.10 Å². The van der Waals surface area contributed by atoms with Crippen LogP contribution in [0, 0.1) is 5.92 Å². The molecule has 2 atom stereocenters. The van der Waals surface area contributed by atoms with Crippen molar-refractivity contribution >= 4 is 28.5 Å². The molecule has 1 unspecified atom stereocenters. The lowest BCUT2D eigenvalue weighted by Crippen LogP contribution is -2.49. The fraction of sp³-hybridized carbons (Fsp3) is 0.529. The fourth-order valence-electron chi connectivity index (χ4n) is 4.39. The molecule has 7 heteroatoms. The third-order valence-electron chi connectivity index (χ3n) is 5.78. The summed E-state index contributed by atoms with van der Waals surface area (Å²) in [5, 5.41) is 19.9. The Morgan fingerprint density at radius 1 is 1.42 bits per heavy atom. The van der Waals surface area contributed by atoms with Crippen molar-refractivity contribution in [3.63, 3.8) is 0 Å². The molecular weight excluding hydrogens is 328 g/mol. The first-order chi connectivity index (χ1) is 11.5. The molecule has 2 aliphatic rings. The molecule has 0 aliphatic carbocycles. The number of aromatic nitrogens is 2. The molecule has 0 spiro atoms. The summed E-state index contributed by atoms with van der Waals surface area (Å²) in [5.41, 5.74) is 1.32. The van der Waals surface area contributed by atoms with Crippen molar-refractivity contribution in [2.45, 2.75) is 31.4 Å². The highest BCUT2D eigenvalue weighted by molar-refractivity contribution is 6.31. The van der Waals surface area contributed by atoms with Gasteiger partial charge in [0.05, 0.1) is 17.3 Å². The van der Waals surface area contributed by atoms with Crippen molar-refractivity contribution in [3.05, 3.63) is 28.9 Å². The van der Waals surface area contributed by atoms with Gasteiger partial charge in [0.25, 0.3) is 0 Å². The zero-order valence-corrected chi connectivity index (χ0v) is 14.5. The van der Waals surface area contributed by atoms with Crippen LogP contribution in [0.2, 0.25) is 5.02 Å². The van der Waals surface area contributed by atoms with Gasteiger partial charge in [-0.3, -0.25) is 4.68 Å². The van der Waals surface area contributed by atoms with Crippen molar-refractivity contribution in [2.75, 3.05) is 20.1 Å². The van der Waals surface area contributed by atoms with Crippen LogP contribution in [0.3, 0.4) is 0 Å². The number of carbonyl (C=O) groups is 1. The molecular formula is C17H21ClN4O2. The predicted octanol–water partition coefficient (Wildman–Crippen LogP) is 2.50. The van der Waals surface area contributed by atoms with Gasteiger partial charge in [0, 0.05) is 36.1 Å². The van der Waals surface area contributed by atoms with E-state index in [0.717, 1.165) is 29.3 Å². The Labute approximate surface area is 145 Å². The van der Waals surface area contributed by atoms with Crippen LogP contribution >= 0.6 is 11.6 Å². The van der Waals surface area contributed by atoms with Crippen LogP contribution in [0.1, 0.15) is 31.4 Å². The van der Waals surface area contributed by atoms with Crippen LogP contribution in [0.4, 0.5) is 4.79 Å². The number of urea groups is 1. The number of nitrogens with zero attached hydrogens (tertiary/aromatic N) is 3. The average Bonchev–Trinajstić information content (AvgIpc) is 3.11. The zero-order valence-electron chi connectivity index (χ0n) is 13.8. The summed E-state index contributed by atoms with van der Waals surface area (Å²) in [4.78, 5) is 13.6. The monoisotopic (exact) mass is 348 g/mol. The van der Waals surface area contributed by atoms with Gasteiger partial charge < -0.3 is 15.3 Å². The molecule has 0 radical (unpaired) electrons. The largest absolute Gasteiger partial charge is 0.386 e. The topological polar surface area (TPSA) is 70.4 Å². The first-order valence-electron chi connectivity index (χ1n) is 8.29. The molecule has 2 N–H and O–H groups in total. The molecule has 128 valence electrons. The van der Waals surface area contributed by atoms with Crippen LogP contribution in [-0.4, -0.2) is 46.0 Å². The molecule has 2 aliphatic heterocycles. The molecule has 1 saturated heterocycles. The zero-order chi connectivity index (χ0) is 17.1. The van der Waals surface area contributed by atoms with Crippen molar-refractivity contribution in [1.82, 2.24) is 20.0 Å². The summed E-state index contributed by atoms with van der Waals surface area (Å²) in [6.07, 6.45) is 2.85. The van der Waals surface area contributed by atoms with Gasteiger partial charge in [-0.15, -0.1) is 0 Å². The van der Waals surface area contributed by atoms with Gasteiger partial charge in [-0.05, 0) is 37.8 Å². The Bertz CT molecular complexity index is 812. The smallest absolute Gasteiger partial charge is 0.317 e. The highest BCUT2D eigenvalue weighted by atomic mass is 35.5. The number of hydrogen-bond donors (Lipinski definition) is 2. The van der Waals surface area contributed by atoms with E-state index >= 15 is 0 Å². The van der Waals surface area contributed by atoms with E-state index < -0.39 is 11.6 Å². The number of nitrogens with one attached hydrogen (secondary N) is 1. The average molecular weight is 349 g/mol. The number of carbonyl (C=O) groups excluding carboxylic acids is 1. The molecule has 3 heterocycles. The Hall–Kier alpha value is -1.79. The third kappa shape index (κ3) is 1.99. The Morgan fingerprint density at radius 3 is 2.79 bits per heavy atom. The number of aliphatic hydroxyl groups is 1. The SMILES string of the molecule is CNC(=O)N1CCC(C2(C)[C@@H](O)c3cc(Cl)cc4cnn2c34)CC1. The van der Waals surface area contributed by atoms with E-state index in [1.165, 1.54) is 0 Å². The molecule has 2 amide bonds. The van der Waals surface area contributed by atoms with Gasteiger partial charge in [0.15, 0.2) is 0 Å². The number of likely N-dealkylation sites (tertiary alicyclic amines) is 1. The molecule has 1 fully saturated rings. The van der Waals surface area contributed by atoms with Gasteiger partial charge in [0.1, 0.15) is 6.10 Å². The van der Waals surface area contributed by atoms with Crippen LogP contribution in [0.15, 0.2) is 18.3 Å².